The summed E-state index contributed by atoms with van der Waals surface area (Å²) in [5.41, 5.74) is 0.440. The number of nitrogens with one attached hydrogen (secondary N) is 2. The van der Waals surface area contributed by atoms with Gasteiger partial charge in [0.25, 0.3) is 5.91 Å². The number of methoxy groups -OCH3 is 2. The van der Waals surface area contributed by atoms with Crippen molar-refractivity contribution in [3.63, 3.8) is 0 Å². The molecule has 1 aliphatic rings. The third-order valence-corrected chi connectivity index (χ3v) is 3.70. The van der Waals surface area contributed by atoms with E-state index in [1.807, 2.05) is 0 Å². The smallest absolute Gasteiger partial charge is 0.337 e. The Kier molecular flexibility index (Phi) is 6.07. The molecular formula is C16H20N3O6+. The lowest BCUT2D eigenvalue weighted by Crippen LogP contribution is -2.96. The van der Waals surface area contributed by atoms with E-state index in [2.05, 4.69) is 20.1 Å². The van der Waals surface area contributed by atoms with Crippen molar-refractivity contribution in [1.29, 1.82) is 0 Å². The topological polar surface area (TPSA) is 127 Å². The van der Waals surface area contributed by atoms with Crippen LogP contribution >= 0.6 is 0 Å². The van der Waals surface area contributed by atoms with E-state index in [0.717, 1.165) is 0 Å². The van der Waals surface area contributed by atoms with E-state index < -0.39 is 23.9 Å². The Bertz CT molecular complexity index is 669. The predicted octanol–water partition coefficient (Wildman–Crippen LogP) is -1.35. The van der Waals surface area contributed by atoms with Gasteiger partial charge in [0.15, 0.2) is 6.04 Å². The second-order valence-corrected chi connectivity index (χ2v) is 5.46. The summed E-state index contributed by atoms with van der Waals surface area (Å²) in [5, 5.41) is 7.08. The van der Waals surface area contributed by atoms with Gasteiger partial charge in [-0.25, -0.2) is 9.59 Å². The van der Waals surface area contributed by atoms with Gasteiger partial charge in [-0.05, 0) is 18.2 Å². The maximum Gasteiger partial charge on any atom is 0.337 e. The number of carbonyl (C=O) groups is 4. The zero-order valence-corrected chi connectivity index (χ0v) is 14.0. The molecule has 0 saturated carbocycles. The van der Waals surface area contributed by atoms with Crippen LogP contribution in [-0.4, -0.2) is 57.1 Å². The normalized spacial score (nSPS) is 16.6. The average molecular weight is 350 g/mol. The second kappa shape index (κ2) is 8.25. The number of anilines is 1. The molecule has 1 heterocycles. The first-order valence-electron chi connectivity index (χ1n) is 7.67. The van der Waals surface area contributed by atoms with Gasteiger partial charge in [-0.3, -0.25) is 9.59 Å². The second-order valence-electron chi connectivity index (χ2n) is 5.46. The summed E-state index contributed by atoms with van der Waals surface area (Å²) >= 11 is 0. The summed E-state index contributed by atoms with van der Waals surface area (Å²) < 4.78 is 9.28. The summed E-state index contributed by atoms with van der Waals surface area (Å²) in [5.74, 6) is -1.90. The molecule has 4 N–H and O–H groups in total. The van der Waals surface area contributed by atoms with Gasteiger partial charge >= 0.3 is 11.9 Å². The number of esters is 2. The number of amides is 2. The molecule has 1 fully saturated rings. The fourth-order valence-electron chi connectivity index (χ4n) is 2.48. The van der Waals surface area contributed by atoms with Crippen LogP contribution in [0.2, 0.25) is 0 Å². The van der Waals surface area contributed by atoms with Crippen molar-refractivity contribution in [3.8, 4) is 0 Å². The first-order chi connectivity index (χ1) is 11.9. The maximum atomic E-state index is 12.2. The lowest BCUT2D eigenvalue weighted by molar-refractivity contribution is -0.678. The Balaban J connectivity index is 2.16. The Labute approximate surface area is 144 Å². The van der Waals surface area contributed by atoms with Crippen molar-refractivity contribution in [2.24, 2.45) is 0 Å². The Morgan fingerprint density at radius 3 is 2.28 bits per heavy atom. The largest absolute Gasteiger partial charge is 0.465 e. The number of piperazine rings is 1. The minimum Gasteiger partial charge on any atom is -0.465 e. The summed E-state index contributed by atoms with van der Waals surface area (Å²) in [7, 11) is 2.42. The van der Waals surface area contributed by atoms with E-state index in [9.17, 15) is 19.2 Å². The molecule has 25 heavy (non-hydrogen) atoms. The van der Waals surface area contributed by atoms with Crippen molar-refractivity contribution in [2.75, 3.05) is 32.6 Å². The van der Waals surface area contributed by atoms with E-state index in [0.29, 0.717) is 13.1 Å². The zero-order valence-electron chi connectivity index (χ0n) is 14.0. The lowest BCUT2D eigenvalue weighted by atomic mass is 10.1. The molecule has 134 valence electrons. The molecule has 9 heteroatoms. The summed E-state index contributed by atoms with van der Waals surface area (Å²) in [6.07, 6.45) is -0.0259. The van der Waals surface area contributed by atoms with E-state index in [-0.39, 0.29) is 29.1 Å². The van der Waals surface area contributed by atoms with Crippen LogP contribution < -0.4 is 16.0 Å². The highest BCUT2D eigenvalue weighted by atomic mass is 16.5. The number of ether oxygens (including phenoxy) is 2. The lowest BCUT2D eigenvalue weighted by Gasteiger charge is -2.19. The van der Waals surface area contributed by atoms with Crippen LogP contribution in [0, 0.1) is 0 Å². The van der Waals surface area contributed by atoms with Crippen LogP contribution in [-0.2, 0) is 19.1 Å². The van der Waals surface area contributed by atoms with E-state index in [1.165, 1.54) is 32.4 Å². The third kappa shape index (κ3) is 4.77. The average Bonchev–Trinajstić information content (AvgIpc) is 2.61. The summed E-state index contributed by atoms with van der Waals surface area (Å²) in [4.78, 5) is 47.3. The van der Waals surface area contributed by atoms with Crippen LogP contribution in [0.3, 0.4) is 0 Å². The van der Waals surface area contributed by atoms with Crippen LogP contribution in [0.1, 0.15) is 27.1 Å². The summed E-state index contributed by atoms with van der Waals surface area (Å²) in [6, 6.07) is 3.59. The molecule has 0 unspecified atom stereocenters. The number of hydrogen-bond donors (Lipinski definition) is 3. The molecule has 0 aromatic heterocycles. The first-order valence-corrected chi connectivity index (χ1v) is 7.67. The van der Waals surface area contributed by atoms with Crippen molar-refractivity contribution in [3.05, 3.63) is 29.3 Å². The van der Waals surface area contributed by atoms with Crippen molar-refractivity contribution in [1.82, 2.24) is 5.32 Å². The first kappa shape index (κ1) is 18.4. The van der Waals surface area contributed by atoms with Crippen LogP contribution in [0.4, 0.5) is 5.69 Å². The fourth-order valence-corrected chi connectivity index (χ4v) is 2.48. The molecule has 2 amide bonds. The number of benzene rings is 1. The highest BCUT2D eigenvalue weighted by Crippen LogP contribution is 2.17. The fraction of sp³-hybridized carbons (Fsp3) is 0.375. The van der Waals surface area contributed by atoms with Crippen LogP contribution in [0.25, 0.3) is 0 Å². The molecule has 1 aromatic carbocycles. The number of carbonyl (C=O) groups excluding carboxylic acids is 4. The zero-order chi connectivity index (χ0) is 18.4. The number of quaternary nitrogens is 1. The highest BCUT2D eigenvalue weighted by Gasteiger charge is 2.28. The molecule has 1 aromatic rings. The Morgan fingerprint density at radius 1 is 1.16 bits per heavy atom. The predicted molar refractivity (Wildman–Crippen MR) is 86.0 cm³/mol. The quantitative estimate of drug-likeness (QED) is 0.564. The van der Waals surface area contributed by atoms with Gasteiger partial charge in [0.2, 0.25) is 5.91 Å². The standard InChI is InChI=1S/C16H19N3O6/c1-24-15(22)9-5-10(16(23)25-2)7-11(6-9)19-13(20)8-12-14(21)18-4-3-17-12/h5-7,12,17H,3-4,8H2,1-2H3,(H,18,21)(H,19,20)/p+1/t12-/m1/s1. The maximum absolute atomic E-state index is 12.2. The molecule has 1 aliphatic heterocycles. The Hall–Kier alpha value is -2.94. The van der Waals surface area contributed by atoms with Crippen LogP contribution in [0.5, 0.6) is 0 Å². The molecule has 0 bridgehead atoms. The van der Waals surface area contributed by atoms with Gasteiger partial charge < -0.3 is 25.4 Å². The van der Waals surface area contributed by atoms with E-state index in [1.54, 1.807) is 5.32 Å². The number of rotatable bonds is 5. The van der Waals surface area contributed by atoms with E-state index in [4.69, 9.17) is 0 Å². The van der Waals surface area contributed by atoms with Gasteiger partial charge in [0.05, 0.1) is 44.9 Å². The monoisotopic (exact) mass is 350 g/mol. The van der Waals surface area contributed by atoms with Gasteiger partial charge in [0, 0.05) is 5.69 Å². The van der Waals surface area contributed by atoms with E-state index >= 15 is 0 Å². The van der Waals surface area contributed by atoms with Gasteiger partial charge in [0.1, 0.15) is 0 Å². The number of nitrogens with two attached hydrogens (primary N) is 1. The van der Waals surface area contributed by atoms with Gasteiger partial charge in [-0.15, -0.1) is 0 Å². The number of hydrogen-bond acceptors (Lipinski definition) is 6. The summed E-state index contributed by atoms with van der Waals surface area (Å²) in [6.45, 7) is 1.27. The minimum atomic E-state index is -0.652. The molecule has 9 nitrogen and oxygen atoms in total. The molecule has 0 radical (unpaired) electrons. The molecule has 2 rings (SSSR count). The van der Waals surface area contributed by atoms with Crippen molar-refractivity contribution >= 4 is 29.4 Å². The molecule has 1 saturated heterocycles. The van der Waals surface area contributed by atoms with Crippen molar-refractivity contribution < 1.29 is 34.0 Å². The SMILES string of the molecule is COC(=O)c1cc(NC(=O)C[C@H]2[NH2+]CCNC2=O)cc(C(=O)OC)c1. The molecule has 0 aliphatic carbocycles. The Morgan fingerprint density at radius 2 is 1.76 bits per heavy atom. The van der Waals surface area contributed by atoms with Gasteiger partial charge in [-0.1, -0.05) is 0 Å². The molecule has 0 spiro atoms. The third-order valence-electron chi connectivity index (χ3n) is 3.70. The highest BCUT2D eigenvalue weighted by molar-refractivity contribution is 6.00. The van der Waals surface area contributed by atoms with Gasteiger partial charge in [-0.2, -0.15) is 0 Å². The molecule has 1 atom stereocenters. The minimum absolute atomic E-state index is 0.0259. The van der Waals surface area contributed by atoms with Crippen molar-refractivity contribution in [2.45, 2.75) is 12.5 Å². The van der Waals surface area contributed by atoms with Crippen LogP contribution in [0.15, 0.2) is 18.2 Å². The molecular weight excluding hydrogens is 330 g/mol.